The fourth-order valence-electron chi connectivity index (χ4n) is 1.96. The highest BCUT2D eigenvalue weighted by atomic mass is 35.5. The Morgan fingerprint density at radius 1 is 0.885 bits per heavy atom. The lowest BCUT2D eigenvalue weighted by Crippen LogP contribution is -2.39. The van der Waals surface area contributed by atoms with Gasteiger partial charge in [0.25, 0.3) is 0 Å². The van der Waals surface area contributed by atoms with Crippen molar-refractivity contribution in [2.24, 2.45) is 11.5 Å². The first-order valence-corrected chi connectivity index (χ1v) is 10.9. The van der Waals surface area contributed by atoms with Crippen LogP contribution in [0.3, 0.4) is 0 Å². The predicted molar refractivity (Wildman–Crippen MR) is 109 cm³/mol. The highest BCUT2D eigenvalue weighted by Crippen LogP contribution is 2.30. The highest BCUT2D eigenvalue weighted by Gasteiger charge is 2.34. The molecule has 0 aliphatic carbocycles. The largest absolute Gasteiger partial charge is 0.329 e. The molecule has 6 nitrogen and oxygen atoms in total. The van der Waals surface area contributed by atoms with Gasteiger partial charge in [-0.2, -0.15) is 0 Å². The number of rotatable bonds is 6. The summed E-state index contributed by atoms with van der Waals surface area (Å²) in [4.78, 5) is 0.848. The maximum Gasteiger partial charge on any atom is 0.215 e. The van der Waals surface area contributed by atoms with Crippen LogP contribution in [0.2, 0.25) is 0 Å². The van der Waals surface area contributed by atoms with Crippen molar-refractivity contribution >= 4 is 55.8 Å². The van der Waals surface area contributed by atoms with Crippen molar-refractivity contribution in [3.05, 3.63) is 41.3 Å². The van der Waals surface area contributed by atoms with Crippen LogP contribution in [0.1, 0.15) is 18.7 Å². The zero-order valence-electron chi connectivity index (χ0n) is 14.2. The topological polar surface area (TPSA) is 120 Å². The molecule has 2 rings (SSSR count). The fraction of sp³-hybridized carbons (Fsp3) is 0.333. The molecule has 0 saturated carbocycles. The number of benzene rings is 1. The van der Waals surface area contributed by atoms with Crippen LogP contribution in [0.15, 0.2) is 50.4 Å². The van der Waals surface area contributed by atoms with Crippen molar-refractivity contribution < 1.29 is 16.8 Å². The number of sulfone groups is 2. The molecule has 0 fully saturated rings. The Morgan fingerprint density at radius 3 is 1.81 bits per heavy atom. The number of halogens is 2. The first-order chi connectivity index (χ1) is 11.1. The Balaban J connectivity index is 0.00000312. The van der Waals surface area contributed by atoms with Gasteiger partial charge in [0.1, 0.15) is 4.21 Å². The van der Waals surface area contributed by atoms with E-state index in [1.165, 1.54) is 44.2 Å². The van der Waals surface area contributed by atoms with E-state index in [-0.39, 0.29) is 51.9 Å². The molecule has 0 aliphatic heterocycles. The molecule has 0 radical (unpaired) electrons. The van der Waals surface area contributed by atoms with Gasteiger partial charge in [-0.3, -0.25) is 0 Å². The van der Waals surface area contributed by atoms with Gasteiger partial charge in [-0.15, -0.1) is 36.2 Å². The van der Waals surface area contributed by atoms with Crippen molar-refractivity contribution in [3.63, 3.8) is 0 Å². The second-order valence-corrected chi connectivity index (χ2v) is 11.8. The molecule has 0 unspecified atom stereocenters. The average Bonchev–Trinajstić information content (AvgIpc) is 3.04. The average molecular weight is 461 g/mol. The smallest absolute Gasteiger partial charge is 0.215 e. The molecule has 26 heavy (non-hydrogen) atoms. The Hall–Kier alpha value is -0.680. The lowest BCUT2D eigenvalue weighted by atomic mass is 10.2. The molecule has 2 aromatic rings. The summed E-state index contributed by atoms with van der Waals surface area (Å²) >= 11 is 1.10. The molecule has 0 spiro atoms. The van der Waals surface area contributed by atoms with Crippen LogP contribution in [-0.2, 0) is 26.2 Å². The van der Waals surface area contributed by atoms with Crippen molar-refractivity contribution in [1.29, 1.82) is 0 Å². The van der Waals surface area contributed by atoms with Gasteiger partial charge in [-0.25, -0.2) is 16.8 Å². The summed E-state index contributed by atoms with van der Waals surface area (Å²) in [5.41, 5.74) is 11.0. The first-order valence-electron chi connectivity index (χ1n) is 7.15. The van der Waals surface area contributed by atoms with Gasteiger partial charge in [-0.05, 0) is 50.2 Å². The second kappa shape index (κ2) is 9.01. The summed E-state index contributed by atoms with van der Waals surface area (Å²) in [7, 11) is -7.34. The zero-order valence-corrected chi connectivity index (χ0v) is 18.3. The summed E-state index contributed by atoms with van der Waals surface area (Å²) in [6, 6.07) is 8.38. The maximum atomic E-state index is 12.6. The highest BCUT2D eigenvalue weighted by molar-refractivity contribution is 7.93. The molecule has 11 heteroatoms. The zero-order chi connectivity index (χ0) is 18.2. The van der Waals surface area contributed by atoms with E-state index in [2.05, 4.69) is 0 Å². The molecule has 4 N–H and O–H groups in total. The van der Waals surface area contributed by atoms with E-state index in [1.807, 2.05) is 0 Å². The number of hydrogen-bond donors (Lipinski definition) is 2. The third-order valence-electron chi connectivity index (χ3n) is 3.77. The lowest BCUT2D eigenvalue weighted by Gasteiger charge is -2.22. The predicted octanol–water partition coefficient (Wildman–Crippen LogP) is 2.39. The van der Waals surface area contributed by atoms with Gasteiger partial charge in [0.15, 0.2) is 9.84 Å². The van der Waals surface area contributed by atoms with Crippen LogP contribution in [0.25, 0.3) is 0 Å². The van der Waals surface area contributed by atoms with Crippen LogP contribution < -0.4 is 11.5 Å². The summed E-state index contributed by atoms with van der Waals surface area (Å²) in [6.07, 6.45) is 0. The summed E-state index contributed by atoms with van der Waals surface area (Å²) < 4.78 is 49.2. The lowest BCUT2D eigenvalue weighted by molar-refractivity contribution is 0.548. The third kappa shape index (κ3) is 4.59. The minimum absolute atomic E-state index is 0. The van der Waals surface area contributed by atoms with Crippen molar-refractivity contribution in [2.75, 3.05) is 6.54 Å². The molecular weight excluding hydrogens is 439 g/mol. The van der Waals surface area contributed by atoms with E-state index in [0.717, 1.165) is 16.2 Å². The molecule has 0 saturated heterocycles. The van der Waals surface area contributed by atoms with Crippen LogP contribution in [0, 0.1) is 0 Å². The number of hydrogen-bond acceptors (Lipinski definition) is 7. The van der Waals surface area contributed by atoms with E-state index in [0.29, 0.717) is 0 Å². The SMILES string of the molecule is CC(C)(CN)S(=O)(=O)c1ccc(S(=O)(=O)c2ccc(CN)s2)cc1.Cl.Cl. The van der Waals surface area contributed by atoms with E-state index in [1.54, 1.807) is 6.07 Å². The Morgan fingerprint density at radius 2 is 1.38 bits per heavy atom. The van der Waals surface area contributed by atoms with Gasteiger partial charge in [-0.1, -0.05) is 0 Å². The number of nitrogens with two attached hydrogens (primary N) is 2. The molecule has 1 aromatic heterocycles. The minimum atomic E-state index is -3.69. The van der Waals surface area contributed by atoms with Crippen molar-refractivity contribution in [3.8, 4) is 0 Å². The monoisotopic (exact) mass is 460 g/mol. The first kappa shape index (κ1) is 25.3. The quantitative estimate of drug-likeness (QED) is 0.682. The van der Waals surface area contributed by atoms with Gasteiger partial charge in [0, 0.05) is 18.0 Å². The van der Waals surface area contributed by atoms with Crippen LogP contribution in [0.5, 0.6) is 0 Å². The molecular formula is C15H22Cl2N2O4S3. The molecule has 0 atom stereocenters. The van der Waals surface area contributed by atoms with Gasteiger partial charge in [0.05, 0.1) is 14.5 Å². The Bertz CT molecular complexity index is 938. The Kier molecular flexibility index (Phi) is 8.77. The van der Waals surface area contributed by atoms with Crippen LogP contribution >= 0.6 is 36.2 Å². The van der Waals surface area contributed by atoms with Crippen molar-refractivity contribution in [2.45, 2.75) is 39.1 Å². The summed E-state index contributed by atoms with van der Waals surface area (Å²) in [6.45, 7) is 3.30. The normalized spacial score (nSPS) is 12.2. The third-order valence-corrected chi connectivity index (χ3v) is 9.65. The van der Waals surface area contributed by atoms with Crippen molar-refractivity contribution in [1.82, 2.24) is 0 Å². The van der Waals surface area contributed by atoms with Gasteiger partial charge in [0.2, 0.25) is 9.84 Å². The van der Waals surface area contributed by atoms with Gasteiger partial charge >= 0.3 is 0 Å². The molecule has 148 valence electrons. The second-order valence-electron chi connectivity index (χ2n) is 5.87. The van der Waals surface area contributed by atoms with Crippen LogP contribution in [0.4, 0.5) is 0 Å². The summed E-state index contributed by atoms with van der Waals surface area (Å²) in [5.74, 6) is 0. The van der Waals surface area contributed by atoms with E-state index in [4.69, 9.17) is 11.5 Å². The van der Waals surface area contributed by atoms with Crippen LogP contribution in [-0.4, -0.2) is 28.1 Å². The van der Waals surface area contributed by atoms with E-state index >= 15 is 0 Å². The summed E-state index contributed by atoms with van der Waals surface area (Å²) in [5, 5.41) is 0. The van der Waals surface area contributed by atoms with Gasteiger partial charge < -0.3 is 11.5 Å². The molecule has 1 aromatic carbocycles. The maximum absolute atomic E-state index is 12.6. The van der Waals surface area contributed by atoms with E-state index in [9.17, 15) is 16.8 Å². The molecule has 1 heterocycles. The fourth-order valence-corrected chi connectivity index (χ4v) is 5.94. The Labute approximate surface area is 170 Å². The van der Waals surface area contributed by atoms with E-state index < -0.39 is 24.4 Å². The minimum Gasteiger partial charge on any atom is -0.329 e. The molecule has 0 aliphatic rings. The number of thiophene rings is 1. The molecule has 0 bridgehead atoms. The standard InChI is InChI=1S/C15H20N2O4S3.2ClH/c1-15(2,10-17)24(20,21)13-6-4-12(5-7-13)23(18,19)14-8-3-11(9-16)22-14;;/h3-8H,9-10,16-17H2,1-2H3;2*1H. The molecule has 0 amide bonds.